The highest BCUT2D eigenvalue weighted by atomic mass is 79.9. The van der Waals surface area contributed by atoms with Gasteiger partial charge in [-0.15, -0.1) is 0 Å². The number of hydrogen-bond acceptors (Lipinski definition) is 4. The molecule has 166 valence electrons. The number of methoxy groups -OCH3 is 1. The molecule has 3 aromatic carbocycles. The van der Waals surface area contributed by atoms with Gasteiger partial charge in [0, 0.05) is 13.1 Å². The summed E-state index contributed by atoms with van der Waals surface area (Å²) in [6, 6.07) is 15.2. The Morgan fingerprint density at radius 1 is 1.12 bits per heavy atom. The van der Waals surface area contributed by atoms with E-state index in [2.05, 4.69) is 31.5 Å². The van der Waals surface area contributed by atoms with Gasteiger partial charge in [-0.3, -0.25) is 10.1 Å². The van der Waals surface area contributed by atoms with Crippen LogP contribution >= 0.6 is 39.7 Å². The summed E-state index contributed by atoms with van der Waals surface area (Å²) in [5, 5.41) is 8.68. The zero-order valence-corrected chi connectivity index (χ0v) is 20.7. The van der Waals surface area contributed by atoms with E-state index in [-0.39, 0.29) is 11.0 Å². The first-order valence-corrected chi connectivity index (χ1v) is 12.0. The lowest BCUT2D eigenvalue weighted by Gasteiger charge is -2.31. The standard InChI is InChI=1S/C24H23BrClN3O2S/c1-31-22-17(14-15-8-3-4-9-16(15)20(22)25)23(30)28-24(32)27-19-11-7-10-18(26)21(19)29-12-5-2-6-13-29/h3-4,7-11,14H,2,5-6,12-13H2,1H3,(H2,27,28,30,32). The Morgan fingerprint density at radius 3 is 2.62 bits per heavy atom. The number of benzene rings is 3. The highest BCUT2D eigenvalue weighted by molar-refractivity contribution is 9.10. The molecule has 2 N–H and O–H groups in total. The van der Waals surface area contributed by atoms with Gasteiger partial charge in [-0.2, -0.15) is 0 Å². The number of para-hydroxylation sites is 1. The lowest BCUT2D eigenvalue weighted by Crippen LogP contribution is -2.36. The van der Waals surface area contributed by atoms with Crippen molar-refractivity contribution < 1.29 is 9.53 Å². The Morgan fingerprint density at radius 2 is 1.88 bits per heavy atom. The number of amides is 1. The second-order valence-electron chi connectivity index (χ2n) is 7.58. The molecule has 1 aliphatic heterocycles. The lowest BCUT2D eigenvalue weighted by atomic mass is 10.1. The maximum atomic E-state index is 13.1. The molecule has 8 heteroatoms. The van der Waals surface area contributed by atoms with Gasteiger partial charge in [-0.25, -0.2) is 0 Å². The normalized spacial score (nSPS) is 13.7. The summed E-state index contributed by atoms with van der Waals surface area (Å²) in [6.07, 6.45) is 3.48. The molecule has 1 fully saturated rings. The average Bonchev–Trinajstić information content (AvgIpc) is 2.79. The monoisotopic (exact) mass is 531 g/mol. The number of carbonyl (C=O) groups is 1. The SMILES string of the molecule is COc1c(C(=O)NC(=S)Nc2cccc(Cl)c2N2CCCCC2)cc2ccccc2c1Br. The van der Waals surface area contributed by atoms with Crippen LogP contribution in [0.1, 0.15) is 29.6 Å². The van der Waals surface area contributed by atoms with Crippen LogP contribution < -0.4 is 20.3 Å². The van der Waals surface area contributed by atoms with Gasteiger partial charge in [0.25, 0.3) is 5.91 Å². The van der Waals surface area contributed by atoms with Crippen LogP contribution in [-0.2, 0) is 0 Å². The number of anilines is 2. The van der Waals surface area contributed by atoms with Crippen LogP contribution in [0.15, 0.2) is 53.0 Å². The molecular formula is C24H23BrClN3O2S. The zero-order chi connectivity index (χ0) is 22.7. The summed E-state index contributed by atoms with van der Waals surface area (Å²) in [5.41, 5.74) is 2.08. The molecule has 0 bridgehead atoms. The van der Waals surface area contributed by atoms with Crippen LogP contribution in [0.3, 0.4) is 0 Å². The lowest BCUT2D eigenvalue weighted by molar-refractivity contribution is 0.0975. The summed E-state index contributed by atoms with van der Waals surface area (Å²) >= 11 is 15.6. The number of carbonyl (C=O) groups excluding carboxylic acids is 1. The number of halogens is 2. The van der Waals surface area contributed by atoms with Crippen LogP contribution in [-0.4, -0.2) is 31.2 Å². The molecule has 0 aromatic heterocycles. The number of thiocarbonyl (C=S) groups is 1. The second kappa shape index (κ2) is 10.1. The largest absolute Gasteiger partial charge is 0.495 e. The van der Waals surface area contributed by atoms with Crippen molar-refractivity contribution in [3.8, 4) is 5.75 Å². The van der Waals surface area contributed by atoms with Gasteiger partial charge >= 0.3 is 0 Å². The first-order chi connectivity index (χ1) is 15.5. The first kappa shape index (κ1) is 22.8. The minimum Gasteiger partial charge on any atom is -0.495 e. The van der Waals surface area contributed by atoms with Crippen molar-refractivity contribution in [1.82, 2.24) is 5.32 Å². The van der Waals surface area contributed by atoms with Crippen LogP contribution in [0.2, 0.25) is 5.02 Å². The molecule has 1 aliphatic rings. The Bertz CT molecular complexity index is 1180. The Labute approximate surface area is 206 Å². The summed E-state index contributed by atoms with van der Waals surface area (Å²) in [6.45, 7) is 1.89. The molecule has 0 unspecified atom stereocenters. The minimum absolute atomic E-state index is 0.196. The van der Waals surface area contributed by atoms with E-state index in [4.69, 9.17) is 28.6 Å². The zero-order valence-electron chi connectivity index (χ0n) is 17.6. The molecule has 0 spiro atoms. The molecule has 5 nitrogen and oxygen atoms in total. The molecule has 0 aliphatic carbocycles. The maximum Gasteiger partial charge on any atom is 0.261 e. The smallest absolute Gasteiger partial charge is 0.261 e. The Balaban J connectivity index is 1.57. The molecule has 4 rings (SSSR count). The number of nitrogens with one attached hydrogen (secondary N) is 2. The fraction of sp³-hybridized carbons (Fsp3) is 0.250. The van der Waals surface area contributed by atoms with Crippen LogP contribution in [0, 0.1) is 0 Å². The van der Waals surface area contributed by atoms with E-state index in [9.17, 15) is 4.79 Å². The van der Waals surface area contributed by atoms with Gasteiger partial charge in [0.15, 0.2) is 5.11 Å². The second-order valence-corrected chi connectivity index (χ2v) is 9.19. The maximum absolute atomic E-state index is 13.1. The molecule has 32 heavy (non-hydrogen) atoms. The van der Waals surface area contributed by atoms with Crippen molar-refractivity contribution in [3.05, 3.63) is 63.6 Å². The van der Waals surface area contributed by atoms with Gasteiger partial charge in [0.2, 0.25) is 0 Å². The molecule has 1 heterocycles. The molecular weight excluding hydrogens is 510 g/mol. The minimum atomic E-state index is -0.354. The van der Waals surface area contributed by atoms with Crippen molar-refractivity contribution in [2.45, 2.75) is 19.3 Å². The summed E-state index contributed by atoms with van der Waals surface area (Å²) in [7, 11) is 1.54. The third-order valence-electron chi connectivity index (χ3n) is 5.52. The van der Waals surface area contributed by atoms with Crippen molar-refractivity contribution in [2.24, 2.45) is 0 Å². The number of piperidine rings is 1. The van der Waals surface area contributed by atoms with E-state index in [0.29, 0.717) is 16.3 Å². The fourth-order valence-electron chi connectivity index (χ4n) is 4.03. The van der Waals surface area contributed by atoms with E-state index < -0.39 is 0 Å². The van der Waals surface area contributed by atoms with Gasteiger partial charge < -0.3 is 15.0 Å². The van der Waals surface area contributed by atoms with E-state index in [1.54, 1.807) is 13.2 Å². The number of nitrogens with zero attached hydrogens (tertiary/aromatic N) is 1. The van der Waals surface area contributed by atoms with Gasteiger partial charge in [0.05, 0.1) is 33.5 Å². The van der Waals surface area contributed by atoms with Crippen LogP contribution in [0.5, 0.6) is 5.75 Å². The Hall–Kier alpha value is -2.35. The van der Waals surface area contributed by atoms with Crippen LogP contribution in [0.4, 0.5) is 11.4 Å². The molecule has 0 atom stereocenters. The number of hydrogen-bond donors (Lipinski definition) is 2. The third kappa shape index (κ3) is 4.70. The summed E-state index contributed by atoms with van der Waals surface area (Å²) in [5.74, 6) is 0.105. The number of ether oxygens (including phenoxy) is 1. The average molecular weight is 533 g/mol. The van der Waals surface area contributed by atoms with E-state index in [1.165, 1.54) is 6.42 Å². The Kier molecular flexibility index (Phi) is 7.18. The van der Waals surface area contributed by atoms with E-state index in [1.807, 2.05) is 42.5 Å². The fourth-order valence-corrected chi connectivity index (χ4v) is 5.26. The molecule has 0 radical (unpaired) electrons. The van der Waals surface area contributed by atoms with Crippen molar-refractivity contribution in [1.29, 1.82) is 0 Å². The van der Waals surface area contributed by atoms with Gasteiger partial charge in [-0.1, -0.05) is 41.9 Å². The van der Waals surface area contributed by atoms with Crippen molar-refractivity contribution in [2.75, 3.05) is 30.4 Å². The van der Waals surface area contributed by atoms with Gasteiger partial charge in [-0.05, 0) is 76.4 Å². The van der Waals surface area contributed by atoms with E-state index in [0.717, 1.165) is 52.6 Å². The highest BCUT2D eigenvalue weighted by Gasteiger charge is 2.21. The topological polar surface area (TPSA) is 53.6 Å². The third-order valence-corrected chi connectivity index (χ3v) is 6.82. The number of fused-ring (bicyclic) bond motifs is 1. The van der Waals surface area contributed by atoms with Crippen molar-refractivity contribution in [3.63, 3.8) is 0 Å². The number of rotatable bonds is 4. The van der Waals surface area contributed by atoms with Crippen LogP contribution in [0.25, 0.3) is 10.8 Å². The predicted molar refractivity (Wildman–Crippen MR) is 139 cm³/mol. The summed E-state index contributed by atoms with van der Waals surface area (Å²) < 4.78 is 6.25. The summed E-state index contributed by atoms with van der Waals surface area (Å²) in [4.78, 5) is 15.4. The first-order valence-electron chi connectivity index (χ1n) is 10.4. The molecule has 0 saturated carbocycles. The molecule has 3 aromatic rings. The van der Waals surface area contributed by atoms with E-state index >= 15 is 0 Å². The predicted octanol–water partition coefficient (Wildman–Crippen LogP) is 6.38. The quantitative estimate of drug-likeness (QED) is 0.382. The molecule has 1 saturated heterocycles. The van der Waals surface area contributed by atoms with Crippen molar-refractivity contribution >= 4 is 72.9 Å². The van der Waals surface area contributed by atoms with Gasteiger partial charge in [0.1, 0.15) is 5.75 Å². The molecule has 1 amide bonds. The highest BCUT2D eigenvalue weighted by Crippen LogP contribution is 2.37.